The van der Waals surface area contributed by atoms with Gasteiger partial charge in [0, 0.05) is 6.07 Å². The second-order valence-corrected chi connectivity index (χ2v) is 2.35. The van der Waals surface area contributed by atoms with Crippen LogP contribution in [0, 0.1) is 0 Å². The molecule has 0 aliphatic carbocycles. The summed E-state index contributed by atoms with van der Waals surface area (Å²) in [4.78, 5) is 4.77. The highest BCUT2D eigenvalue weighted by Crippen LogP contribution is 2.06. The van der Waals surface area contributed by atoms with Gasteiger partial charge in [-0.15, -0.1) is 0 Å². The molecule has 1 rings (SSSR count). The number of rotatable bonds is 2. The van der Waals surface area contributed by atoms with Crippen LogP contribution < -0.4 is 5.48 Å². The molecule has 8 heavy (non-hydrogen) atoms. The second kappa shape index (κ2) is 2.81. The lowest BCUT2D eigenvalue weighted by Gasteiger charge is -1.86. The number of thiophene rings is 1. The molecule has 0 aliphatic rings. The van der Waals surface area contributed by atoms with E-state index in [2.05, 4.69) is 0 Å². The Kier molecular flexibility index (Phi) is 2.02. The second-order valence-electron chi connectivity index (χ2n) is 1.37. The van der Waals surface area contributed by atoms with Crippen molar-refractivity contribution in [2.75, 3.05) is 7.11 Å². The quantitative estimate of drug-likeness (QED) is 0.580. The molecule has 0 fully saturated rings. The number of hydrogen-bond acceptors (Lipinski definition) is 2. The zero-order valence-electron chi connectivity index (χ0n) is 4.63. The molecule has 1 heterocycles. The maximum absolute atomic E-state index is 4.77. The van der Waals surface area contributed by atoms with Crippen LogP contribution in [0.25, 0.3) is 0 Å². The third-order valence-corrected chi connectivity index (χ3v) is 1.57. The summed E-state index contributed by atoms with van der Waals surface area (Å²) in [6.07, 6.45) is 0. The van der Waals surface area contributed by atoms with E-state index < -0.39 is 0 Å². The van der Waals surface area contributed by atoms with Crippen molar-refractivity contribution < 1.29 is 10.3 Å². The van der Waals surface area contributed by atoms with Crippen molar-refractivity contribution in [1.29, 1.82) is 0 Å². The molecule has 44 valence electrons. The molecular weight excluding hydrogens is 122 g/mol. The fraction of sp³-hybridized carbons (Fsp3) is 0.200. The molecule has 3 heteroatoms. The molecule has 1 aromatic heterocycles. The van der Waals surface area contributed by atoms with E-state index >= 15 is 0 Å². The number of nitrogens with two attached hydrogens (primary N) is 1. The molecule has 0 unspecified atom stereocenters. The van der Waals surface area contributed by atoms with Gasteiger partial charge in [-0.25, -0.2) is 4.84 Å². The van der Waals surface area contributed by atoms with Crippen molar-refractivity contribution in [3.8, 4) is 0 Å². The van der Waals surface area contributed by atoms with Crippen LogP contribution in [0.3, 0.4) is 0 Å². The molecule has 0 saturated carbocycles. The molecule has 0 aromatic carbocycles. The Labute approximate surface area is 52.1 Å². The van der Waals surface area contributed by atoms with Gasteiger partial charge in [-0.05, 0) is 11.4 Å². The molecular formula is C5H8NOS+. The fourth-order valence-electron chi connectivity index (χ4n) is 0.474. The van der Waals surface area contributed by atoms with Crippen molar-refractivity contribution in [1.82, 2.24) is 0 Å². The van der Waals surface area contributed by atoms with Crippen molar-refractivity contribution in [2.24, 2.45) is 0 Å². The minimum absolute atomic E-state index is 1.16. The average Bonchev–Trinajstić information content (AvgIpc) is 2.19. The van der Waals surface area contributed by atoms with E-state index in [4.69, 9.17) is 4.84 Å². The van der Waals surface area contributed by atoms with Crippen LogP contribution in [-0.4, -0.2) is 7.11 Å². The van der Waals surface area contributed by atoms with E-state index in [1.807, 2.05) is 17.5 Å². The van der Waals surface area contributed by atoms with Gasteiger partial charge in [-0.2, -0.15) is 5.48 Å². The molecule has 0 saturated heterocycles. The molecule has 0 spiro atoms. The number of hydrogen-bond donors (Lipinski definition) is 1. The van der Waals surface area contributed by atoms with E-state index in [0.29, 0.717) is 0 Å². The van der Waals surface area contributed by atoms with E-state index in [-0.39, 0.29) is 0 Å². The Morgan fingerprint density at radius 1 is 1.75 bits per heavy atom. The summed E-state index contributed by atoms with van der Waals surface area (Å²) in [5.74, 6) is 0. The first-order valence-electron chi connectivity index (χ1n) is 2.33. The van der Waals surface area contributed by atoms with Crippen LogP contribution in [0.5, 0.6) is 0 Å². The SMILES string of the molecule is CO[NH2+]c1cccs1. The lowest BCUT2D eigenvalue weighted by atomic mass is 10.6. The van der Waals surface area contributed by atoms with Crippen LogP contribution in [0.4, 0.5) is 5.00 Å². The Bertz CT molecular complexity index is 138. The molecule has 2 nitrogen and oxygen atoms in total. The van der Waals surface area contributed by atoms with E-state index in [9.17, 15) is 0 Å². The number of quaternary nitrogens is 1. The largest absolute Gasteiger partial charge is 0.217 e. The van der Waals surface area contributed by atoms with Gasteiger partial charge in [-0.1, -0.05) is 11.3 Å². The van der Waals surface area contributed by atoms with Crippen LogP contribution in [0.15, 0.2) is 17.5 Å². The average molecular weight is 130 g/mol. The van der Waals surface area contributed by atoms with Crippen LogP contribution >= 0.6 is 11.3 Å². The molecule has 0 bridgehead atoms. The maximum Gasteiger partial charge on any atom is 0.217 e. The third kappa shape index (κ3) is 1.30. The predicted octanol–water partition coefficient (Wildman–Crippen LogP) is 0.504. The molecule has 1 aromatic rings. The summed E-state index contributed by atoms with van der Waals surface area (Å²) in [6.45, 7) is 0. The van der Waals surface area contributed by atoms with Gasteiger partial charge in [0.1, 0.15) is 0 Å². The lowest BCUT2D eigenvalue weighted by molar-refractivity contribution is -0.827. The molecule has 2 N–H and O–H groups in total. The highest BCUT2D eigenvalue weighted by Gasteiger charge is 1.91. The standard InChI is InChI=1S/C5H7NOS/c1-7-6-5-3-2-4-8-5/h2-4,6H,1H3/p+1. The minimum Gasteiger partial charge on any atom is -0.204 e. The first kappa shape index (κ1) is 5.75. The summed E-state index contributed by atoms with van der Waals surface area (Å²) >= 11 is 1.67. The highest BCUT2D eigenvalue weighted by molar-refractivity contribution is 7.13. The first-order valence-corrected chi connectivity index (χ1v) is 3.21. The fourth-order valence-corrected chi connectivity index (χ4v) is 1.10. The maximum atomic E-state index is 4.77. The van der Waals surface area contributed by atoms with Crippen LogP contribution in [0.2, 0.25) is 0 Å². The van der Waals surface area contributed by atoms with Crippen molar-refractivity contribution in [3.63, 3.8) is 0 Å². The van der Waals surface area contributed by atoms with Gasteiger partial charge in [0.15, 0.2) is 0 Å². The van der Waals surface area contributed by atoms with E-state index in [0.717, 1.165) is 5.00 Å². The Balaban J connectivity index is 2.50. The first-order chi connectivity index (χ1) is 3.93. The highest BCUT2D eigenvalue weighted by atomic mass is 32.1. The van der Waals surface area contributed by atoms with Gasteiger partial charge in [0.05, 0.1) is 7.11 Å². The Morgan fingerprint density at radius 2 is 2.62 bits per heavy atom. The van der Waals surface area contributed by atoms with Gasteiger partial charge < -0.3 is 0 Å². The summed E-state index contributed by atoms with van der Waals surface area (Å²) in [5, 5.41) is 3.18. The van der Waals surface area contributed by atoms with Crippen molar-refractivity contribution in [2.45, 2.75) is 0 Å². The Morgan fingerprint density at radius 3 is 3.12 bits per heavy atom. The van der Waals surface area contributed by atoms with Gasteiger partial charge in [-0.3, -0.25) is 0 Å². The summed E-state index contributed by atoms with van der Waals surface area (Å²) in [5.41, 5.74) is 1.73. The lowest BCUT2D eigenvalue weighted by Crippen LogP contribution is -2.75. The molecule has 0 radical (unpaired) electrons. The summed E-state index contributed by atoms with van der Waals surface area (Å²) < 4.78 is 0. The van der Waals surface area contributed by atoms with E-state index in [1.165, 1.54) is 0 Å². The zero-order chi connectivity index (χ0) is 5.82. The zero-order valence-corrected chi connectivity index (χ0v) is 5.44. The molecule has 0 aliphatic heterocycles. The smallest absolute Gasteiger partial charge is 0.204 e. The minimum atomic E-state index is 1.16. The normalized spacial score (nSPS) is 9.62. The van der Waals surface area contributed by atoms with Gasteiger partial charge in [0.25, 0.3) is 0 Å². The third-order valence-electron chi connectivity index (χ3n) is 0.777. The van der Waals surface area contributed by atoms with Crippen molar-refractivity contribution in [3.05, 3.63) is 17.5 Å². The topological polar surface area (TPSA) is 25.8 Å². The van der Waals surface area contributed by atoms with Crippen molar-refractivity contribution >= 4 is 16.3 Å². The van der Waals surface area contributed by atoms with Crippen LogP contribution in [-0.2, 0) is 4.84 Å². The molecule has 0 atom stereocenters. The predicted molar refractivity (Wildman–Crippen MR) is 32.9 cm³/mol. The summed E-state index contributed by atoms with van der Waals surface area (Å²) in [7, 11) is 1.65. The van der Waals surface area contributed by atoms with Crippen LogP contribution in [0.1, 0.15) is 0 Å². The van der Waals surface area contributed by atoms with Gasteiger partial charge in [0.2, 0.25) is 5.00 Å². The van der Waals surface area contributed by atoms with E-state index in [1.54, 1.807) is 23.9 Å². The van der Waals surface area contributed by atoms with Gasteiger partial charge >= 0.3 is 0 Å². The molecule has 0 amide bonds. The summed E-state index contributed by atoms with van der Waals surface area (Å²) in [6, 6.07) is 4.00. The monoisotopic (exact) mass is 130 g/mol. The Hall–Kier alpha value is -0.380.